The van der Waals surface area contributed by atoms with E-state index >= 15 is 0 Å². The van der Waals surface area contributed by atoms with Gasteiger partial charge in [0.1, 0.15) is 5.56 Å². The molecule has 0 fully saturated rings. The molecule has 27 heavy (non-hydrogen) atoms. The highest BCUT2D eigenvalue weighted by atomic mass is 16.6. The molecule has 0 N–H and O–H groups in total. The van der Waals surface area contributed by atoms with E-state index in [1.807, 2.05) is 12.1 Å². The number of amides is 1. The van der Waals surface area contributed by atoms with Gasteiger partial charge in [-0.15, -0.1) is 0 Å². The molecule has 0 saturated carbocycles. The maximum Gasteiger partial charge on any atom is 0.435 e. The van der Waals surface area contributed by atoms with Crippen LogP contribution in [-0.4, -0.2) is 28.0 Å². The van der Waals surface area contributed by atoms with Crippen LogP contribution in [0.15, 0.2) is 71.7 Å². The third kappa shape index (κ3) is 3.52. The third-order valence-electron chi connectivity index (χ3n) is 3.90. The molecule has 2 aromatic carbocycles. The fourth-order valence-corrected chi connectivity index (χ4v) is 2.69. The molecule has 0 atom stereocenters. The van der Waals surface area contributed by atoms with Gasteiger partial charge < -0.3 is 4.74 Å². The van der Waals surface area contributed by atoms with Crippen molar-refractivity contribution < 1.29 is 14.3 Å². The molecule has 7 heteroatoms. The number of benzene rings is 2. The largest absolute Gasteiger partial charge is 0.448 e. The monoisotopic (exact) mass is 365 g/mol. The predicted molar refractivity (Wildman–Crippen MR) is 101 cm³/mol. The Kier molecular flexibility index (Phi) is 5.21. The molecular formula is C20H19N3O4. The number of carbonyl (C=O) groups is 2. The second-order valence-electron chi connectivity index (χ2n) is 5.72. The quantitative estimate of drug-likeness (QED) is 0.651. The molecule has 0 saturated heterocycles. The Morgan fingerprint density at radius 2 is 1.59 bits per heavy atom. The van der Waals surface area contributed by atoms with Gasteiger partial charge in [0.25, 0.3) is 5.56 Å². The van der Waals surface area contributed by atoms with Crippen LogP contribution in [0.4, 0.5) is 10.5 Å². The van der Waals surface area contributed by atoms with Gasteiger partial charge in [0.2, 0.25) is 0 Å². The number of nitrogens with zero attached hydrogens (tertiary/aromatic N) is 3. The number of ketones is 1. The van der Waals surface area contributed by atoms with E-state index in [1.165, 1.54) is 27.6 Å². The summed E-state index contributed by atoms with van der Waals surface area (Å²) in [6.45, 7) is 3.17. The van der Waals surface area contributed by atoms with E-state index in [0.29, 0.717) is 11.4 Å². The van der Waals surface area contributed by atoms with Crippen LogP contribution in [0.1, 0.15) is 24.2 Å². The second kappa shape index (κ2) is 7.74. The van der Waals surface area contributed by atoms with Gasteiger partial charge in [-0.05, 0) is 38.1 Å². The van der Waals surface area contributed by atoms with Crippen molar-refractivity contribution in [2.24, 2.45) is 0 Å². The minimum absolute atomic E-state index is 0.0240. The molecule has 1 aromatic heterocycles. The molecule has 0 spiro atoms. The number of ether oxygens (including phenoxy) is 1. The molecule has 1 heterocycles. The summed E-state index contributed by atoms with van der Waals surface area (Å²) < 4.78 is 6.44. The van der Waals surface area contributed by atoms with Crippen LogP contribution in [0.2, 0.25) is 0 Å². The number of aromatic nitrogens is 2. The highest BCUT2D eigenvalue weighted by Crippen LogP contribution is 2.18. The average Bonchev–Trinajstić information content (AvgIpc) is 3.01. The Labute approximate surface area is 156 Å². The molecule has 0 aliphatic rings. The Hall–Kier alpha value is -3.61. The summed E-state index contributed by atoms with van der Waals surface area (Å²) in [6, 6.07) is 17.6. The van der Waals surface area contributed by atoms with Crippen molar-refractivity contribution in [2.75, 3.05) is 11.6 Å². The molecule has 0 bridgehead atoms. The number of hydrogen-bond acceptors (Lipinski definition) is 4. The van der Waals surface area contributed by atoms with Crippen molar-refractivity contribution in [3.8, 4) is 5.69 Å². The zero-order valence-electron chi connectivity index (χ0n) is 15.0. The fraction of sp³-hybridized carbons (Fsp3) is 0.150. The molecule has 1 amide bonds. The van der Waals surface area contributed by atoms with Crippen molar-refractivity contribution >= 4 is 17.6 Å². The third-order valence-corrected chi connectivity index (χ3v) is 3.90. The Bertz CT molecular complexity index is 1010. The lowest BCUT2D eigenvalue weighted by molar-refractivity contribution is 0.101. The standard InChI is InChI=1S/C20H19N3O4/c1-3-27-20(26)23(17-12-8-5-9-13-17)21-14-18(15(2)24)19(25)22(21)16-10-6-4-7-11-16/h4-14H,3H2,1-2H3. The van der Waals surface area contributed by atoms with Gasteiger partial charge in [0.15, 0.2) is 5.78 Å². The summed E-state index contributed by atoms with van der Waals surface area (Å²) in [5.41, 5.74) is 0.467. The Morgan fingerprint density at radius 3 is 2.15 bits per heavy atom. The van der Waals surface area contributed by atoms with Gasteiger partial charge in [-0.2, -0.15) is 14.5 Å². The fourth-order valence-electron chi connectivity index (χ4n) is 2.69. The number of hydrogen-bond donors (Lipinski definition) is 0. The van der Waals surface area contributed by atoms with Crippen LogP contribution in [0.25, 0.3) is 5.69 Å². The van der Waals surface area contributed by atoms with Crippen molar-refractivity contribution in [1.82, 2.24) is 9.47 Å². The summed E-state index contributed by atoms with van der Waals surface area (Å²) in [6.07, 6.45) is 0.681. The number of rotatable bonds is 5. The summed E-state index contributed by atoms with van der Waals surface area (Å²) >= 11 is 0. The van der Waals surface area contributed by atoms with Crippen LogP contribution in [0, 0.1) is 0 Å². The molecule has 0 radical (unpaired) electrons. The number of anilines is 1. The van der Waals surface area contributed by atoms with Crippen LogP contribution < -0.4 is 10.6 Å². The number of para-hydroxylation sites is 2. The lowest BCUT2D eigenvalue weighted by Gasteiger charge is -2.25. The van der Waals surface area contributed by atoms with E-state index < -0.39 is 11.7 Å². The van der Waals surface area contributed by atoms with Gasteiger partial charge in [-0.25, -0.2) is 4.79 Å². The van der Waals surface area contributed by atoms with Gasteiger partial charge in [-0.3, -0.25) is 9.59 Å². The van der Waals surface area contributed by atoms with Crippen molar-refractivity contribution in [3.05, 3.63) is 82.8 Å². The van der Waals surface area contributed by atoms with Gasteiger partial charge in [-0.1, -0.05) is 36.4 Å². The first-order valence-corrected chi connectivity index (χ1v) is 8.47. The summed E-state index contributed by atoms with van der Waals surface area (Å²) in [5, 5.41) is 1.21. The maximum atomic E-state index is 12.9. The normalized spacial score (nSPS) is 10.4. The molecular weight excluding hydrogens is 346 g/mol. The van der Waals surface area contributed by atoms with E-state index in [9.17, 15) is 14.4 Å². The Morgan fingerprint density at radius 1 is 1.00 bits per heavy atom. The van der Waals surface area contributed by atoms with Crippen molar-refractivity contribution in [2.45, 2.75) is 13.8 Å². The van der Waals surface area contributed by atoms with E-state index in [-0.39, 0.29) is 18.0 Å². The first-order chi connectivity index (χ1) is 13.0. The average molecular weight is 365 g/mol. The van der Waals surface area contributed by atoms with Crippen LogP contribution >= 0.6 is 0 Å². The van der Waals surface area contributed by atoms with Crippen molar-refractivity contribution in [3.63, 3.8) is 0 Å². The smallest absolute Gasteiger partial charge is 0.435 e. The first-order valence-electron chi connectivity index (χ1n) is 8.47. The highest BCUT2D eigenvalue weighted by Gasteiger charge is 2.25. The number of Topliss-reactive ketones (excluding diaryl/α,β-unsaturated/α-hetero) is 1. The molecule has 0 aliphatic carbocycles. The maximum absolute atomic E-state index is 12.9. The highest BCUT2D eigenvalue weighted by molar-refractivity contribution is 5.94. The van der Waals surface area contributed by atoms with E-state index in [2.05, 4.69) is 0 Å². The zero-order chi connectivity index (χ0) is 19.4. The lowest BCUT2D eigenvalue weighted by Crippen LogP contribution is -2.41. The summed E-state index contributed by atoms with van der Waals surface area (Å²) in [5.74, 6) is -0.389. The van der Waals surface area contributed by atoms with E-state index in [0.717, 1.165) is 0 Å². The molecule has 0 aliphatic heterocycles. The SMILES string of the molecule is CCOC(=O)N(c1ccccc1)n1cc(C(C)=O)c(=O)n1-c1ccccc1. The summed E-state index contributed by atoms with van der Waals surface area (Å²) in [7, 11) is 0. The van der Waals surface area contributed by atoms with Crippen molar-refractivity contribution in [1.29, 1.82) is 0 Å². The minimum atomic E-state index is -0.668. The van der Waals surface area contributed by atoms with E-state index in [1.54, 1.807) is 55.5 Å². The van der Waals surface area contributed by atoms with E-state index in [4.69, 9.17) is 4.74 Å². The Balaban J connectivity index is 2.29. The molecule has 138 valence electrons. The second-order valence-corrected chi connectivity index (χ2v) is 5.72. The van der Waals surface area contributed by atoms with Gasteiger partial charge >= 0.3 is 6.09 Å². The van der Waals surface area contributed by atoms with Crippen LogP contribution in [-0.2, 0) is 4.74 Å². The minimum Gasteiger partial charge on any atom is -0.448 e. The molecule has 7 nitrogen and oxygen atoms in total. The summed E-state index contributed by atoms with van der Waals surface area (Å²) in [4.78, 5) is 38.9. The molecule has 0 unspecified atom stereocenters. The van der Waals surface area contributed by atoms with Gasteiger partial charge in [0, 0.05) is 0 Å². The first kappa shape index (κ1) is 18.2. The zero-order valence-corrected chi connectivity index (χ0v) is 15.0. The topological polar surface area (TPSA) is 73.5 Å². The van der Waals surface area contributed by atoms with Crippen LogP contribution in [0.3, 0.4) is 0 Å². The molecule has 3 rings (SSSR count). The number of carbonyl (C=O) groups excluding carboxylic acids is 2. The molecule has 3 aromatic rings. The predicted octanol–water partition coefficient (Wildman–Crippen LogP) is 3.27. The van der Waals surface area contributed by atoms with Crippen LogP contribution in [0.5, 0.6) is 0 Å². The van der Waals surface area contributed by atoms with Gasteiger partial charge in [0.05, 0.1) is 24.2 Å². The lowest BCUT2D eigenvalue weighted by atomic mass is 10.2.